The highest BCUT2D eigenvalue weighted by Crippen LogP contribution is 2.26. The van der Waals surface area contributed by atoms with Crippen LogP contribution in [0.15, 0.2) is 84.5 Å². The van der Waals surface area contributed by atoms with Gasteiger partial charge in [0, 0.05) is 21.8 Å². The SMILES string of the molecule is C=C(C)OC(=C)c1ccc(S(=O)(=O)Nc2ccc(Cl)cc2C(=O)c2cccc(C)n2)cc1. The van der Waals surface area contributed by atoms with E-state index in [1.165, 1.54) is 30.3 Å². The number of nitrogens with one attached hydrogen (secondary N) is 1. The van der Waals surface area contributed by atoms with E-state index in [-0.39, 0.29) is 21.8 Å². The van der Waals surface area contributed by atoms with Gasteiger partial charge in [0.25, 0.3) is 10.0 Å². The standard InChI is InChI=1S/C24H21ClN2O4S/c1-15(2)31-17(4)18-8-11-20(12-9-18)32(29,30)27-22-13-10-19(25)14-21(22)24(28)23-7-5-6-16(3)26-23/h5-14,27H,1,4H2,2-3H3. The second kappa shape index (κ2) is 9.38. The Morgan fingerprint density at radius 1 is 1.06 bits per heavy atom. The lowest BCUT2D eigenvalue weighted by Gasteiger charge is -2.13. The van der Waals surface area contributed by atoms with E-state index in [0.29, 0.717) is 27.8 Å². The average molecular weight is 469 g/mol. The fraction of sp³-hybridized carbons (Fsp3) is 0.0833. The van der Waals surface area contributed by atoms with Crippen LogP contribution in [0.25, 0.3) is 5.76 Å². The molecular formula is C24H21ClN2O4S. The number of halogens is 1. The average Bonchev–Trinajstić information content (AvgIpc) is 2.74. The Morgan fingerprint density at radius 3 is 2.38 bits per heavy atom. The summed E-state index contributed by atoms with van der Waals surface area (Å²) >= 11 is 6.07. The van der Waals surface area contributed by atoms with Crippen LogP contribution in [0.5, 0.6) is 0 Å². The van der Waals surface area contributed by atoms with Crippen LogP contribution < -0.4 is 4.72 Å². The minimum Gasteiger partial charge on any atom is -0.463 e. The highest BCUT2D eigenvalue weighted by molar-refractivity contribution is 7.92. The molecule has 0 saturated heterocycles. The number of benzene rings is 2. The predicted octanol–water partition coefficient (Wildman–Crippen LogP) is 5.60. The van der Waals surface area contributed by atoms with E-state index < -0.39 is 15.8 Å². The van der Waals surface area contributed by atoms with E-state index in [1.54, 1.807) is 44.2 Å². The zero-order chi connectivity index (χ0) is 23.5. The van der Waals surface area contributed by atoms with Crippen LogP contribution in [0.1, 0.15) is 34.2 Å². The van der Waals surface area contributed by atoms with Crippen molar-refractivity contribution in [2.75, 3.05) is 4.72 Å². The van der Waals surface area contributed by atoms with Crippen molar-refractivity contribution in [1.29, 1.82) is 0 Å². The van der Waals surface area contributed by atoms with Crippen molar-refractivity contribution in [3.05, 3.63) is 107 Å². The van der Waals surface area contributed by atoms with Gasteiger partial charge in [0.1, 0.15) is 11.5 Å². The summed E-state index contributed by atoms with van der Waals surface area (Å²) < 4.78 is 33.8. The summed E-state index contributed by atoms with van der Waals surface area (Å²) in [6.07, 6.45) is 0. The molecule has 0 radical (unpaired) electrons. The molecule has 0 aliphatic rings. The summed E-state index contributed by atoms with van der Waals surface area (Å²) in [6, 6.07) is 15.4. The lowest BCUT2D eigenvalue weighted by molar-refractivity contribution is 0.103. The fourth-order valence-electron chi connectivity index (χ4n) is 2.89. The third-order valence-corrected chi connectivity index (χ3v) is 5.99. The minimum absolute atomic E-state index is 0.00593. The number of ketones is 1. The normalized spacial score (nSPS) is 11.0. The molecule has 1 aromatic heterocycles. The number of aryl methyl sites for hydroxylation is 1. The number of ether oxygens (including phenoxy) is 1. The van der Waals surface area contributed by atoms with Gasteiger partial charge in [-0.25, -0.2) is 13.4 Å². The van der Waals surface area contributed by atoms with E-state index in [4.69, 9.17) is 16.3 Å². The van der Waals surface area contributed by atoms with Crippen molar-refractivity contribution >= 4 is 38.9 Å². The van der Waals surface area contributed by atoms with E-state index in [0.717, 1.165) is 0 Å². The Bertz CT molecular complexity index is 1320. The first kappa shape index (κ1) is 23.2. The number of allylic oxidation sites excluding steroid dienone is 1. The van der Waals surface area contributed by atoms with Crippen molar-refractivity contribution in [2.24, 2.45) is 0 Å². The van der Waals surface area contributed by atoms with Gasteiger partial charge in [0.05, 0.1) is 16.3 Å². The Hall–Kier alpha value is -3.42. The molecule has 8 heteroatoms. The van der Waals surface area contributed by atoms with Crippen LogP contribution in [-0.4, -0.2) is 19.2 Å². The van der Waals surface area contributed by atoms with Crippen LogP contribution in [0, 0.1) is 6.92 Å². The highest BCUT2D eigenvalue weighted by atomic mass is 35.5. The number of hydrogen-bond acceptors (Lipinski definition) is 5. The van der Waals surface area contributed by atoms with Crippen molar-refractivity contribution in [1.82, 2.24) is 4.98 Å². The second-order valence-electron chi connectivity index (χ2n) is 7.04. The van der Waals surface area contributed by atoms with Gasteiger partial charge in [-0.05, 0) is 68.4 Å². The monoisotopic (exact) mass is 468 g/mol. The molecular weight excluding hydrogens is 448 g/mol. The topological polar surface area (TPSA) is 85.4 Å². The third kappa shape index (κ3) is 5.43. The Kier molecular flexibility index (Phi) is 6.81. The van der Waals surface area contributed by atoms with Crippen LogP contribution in [0.4, 0.5) is 5.69 Å². The quantitative estimate of drug-likeness (QED) is 0.343. The number of carbonyl (C=O) groups is 1. The number of pyridine rings is 1. The zero-order valence-corrected chi connectivity index (χ0v) is 19.1. The molecule has 1 N–H and O–H groups in total. The molecule has 0 atom stereocenters. The van der Waals surface area contributed by atoms with Crippen LogP contribution in [-0.2, 0) is 14.8 Å². The smallest absolute Gasteiger partial charge is 0.261 e. The molecule has 6 nitrogen and oxygen atoms in total. The Morgan fingerprint density at radius 2 is 1.75 bits per heavy atom. The summed E-state index contributed by atoms with van der Waals surface area (Å²) in [5, 5.41) is 0.296. The molecule has 0 spiro atoms. The number of anilines is 1. The van der Waals surface area contributed by atoms with Gasteiger partial charge in [0.2, 0.25) is 5.78 Å². The molecule has 0 aliphatic heterocycles. The predicted molar refractivity (Wildman–Crippen MR) is 126 cm³/mol. The van der Waals surface area contributed by atoms with Crippen LogP contribution >= 0.6 is 11.6 Å². The first-order chi connectivity index (χ1) is 15.1. The Balaban J connectivity index is 1.92. The first-order valence-corrected chi connectivity index (χ1v) is 11.4. The highest BCUT2D eigenvalue weighted by Gasteiger charge is 2.21. The van der Waals surface area contributed by atoms with Gasteiger partial charge < -0.3 is 4.74 Å². The number of sulfonamides is 1. The maximum atomic E-state index is 13.0. The molecule has 1 heterocycles. The molecule has 0 amide bonds. The van der Waals surface area contributed by atoms with Gasteiger partial charge in [-0.1, -0.05) is 30.8 Å². The summed E-state index contributed by atoms with van der Waals surface area (Å²) in [5.74, 6) is 0.375. The van der Waals surface area contributed by atoms with E-state index in [9.17, 15) is 13.2 Å². The maximum Gasteiger partial charge on any atom is 0.261 e. The van der Waals surface area contributed by atoms with Crippen molar-refractivity contribution < 1.29 is 17.9 Å². The third-order valence-electron chi connectivity index (χ3n) is 4.38. The number of nitrogens with zero attached hydrogens (tertiary/aromatic N) is 1. The molecule has 0 aliphatic carbocycles. The maximum absolute atomic E-state index is 13.0. The molecule has 0 unspecified atom stereocenters. The molecule has 0 saturated carbocycles. The molecule has 0 fully saturated rings. The molecule has 32 heavy (non-hydrogen) atoms. The molecule has 164 valence electrons. The van der Waals surface area contributed by atoms with E-state index in [1.807, 2.05) is 0 Å². The second-order valence-corrected chi connectivity index (χ2v) is 9.16. The van der Waals surface area contributed by atoms with Crippen molar-refractivity contribution in [2.45, 2.75) is 18.7 Å². The number of carbonyl (C=O) groups excluding carboxylic acids is 1. The number of rotatable bonds is 8. The largest absolute Gasteiger partial charge is 0.463 e. The fourth-order valence-corrected chi connectivity index (χ4v) is 4.15. The summed E-state index contributed by atoms with van der Waals surface area (Å²) in [5.41, 5.74) is 1.66. The lowest BCUT2D eigenvalue weighted by Crippen LogP contribution is -2.16. The van der Waals surface area contributed by atoms with E-state index >= 15 is 0 Å². The lowest BCUT2D eigenvalue weighted by atomic mass is 10.1. The van der Waals surface area contributed by atoms with Crippen molar-refractivity contribution in [3.63, 3.8) is 0 Å². The van der Waals surface area contributed by atoms with Crippen LogP contribution in [0.2, 0.25) is 5.02 Å². The van der Waals surface area contributed by atoms with Gasteiger partial charge in [-0.15, -0.1) is 0 Å². The Labute approximate surface area is 192 Å². The molecule has 3 rings (SSSR count). The summed E-state index contributed by atoms with van der Waals surface area (Å²) in [6.45, 7) is 10.9. The summed E-state index contributed by atoms with van der Waals surface area (Å²) in [4.78, 5) is 17.2. The van der Waals surface area contributed by atoms with Gasteiger partial charge >= 0.3 is 0 Å². The van der Waals surface area contributed by atoms with Gasteiger partial charge in [-0.2, -0.15) is 0 Å². The number of hydrogen-bond donors (Lipinski definition) is 1. The molecule has 3 aromatic rings. The first-order valence-electron chi connectivity index (χ1n) is 9.50. The van der Waals surface area contributed by atoms with Gasteiger partial charge in [0.15, 0.2) is 0 Å². The molecule has 0 bridgehead atoms. The number of aromatic nitrogens is 1. The van der Waals surface area contributed by atoms with Crippen molar-refractivity contribution in [3.8, 4) is 0 Å². The van der Waals surface area contributed by atoms with E-state index in [2.05, 4.69) is 22.9 Å². The molecule has 2 aromatic carbocycles. The van der Waals surface area contributed by atoms with Crippen LogP contribution in [0.3, 0.4) is 0 Å². The minimum atomic E-state index is -3.99. The van der Waals surface area contributed by atoms with Gasteiger partial charge in [-0.3, -0.25) is 9.52 Å². The summed E-state index contributed by atoms with van der Waals surface area (Å²) in [7, 11) is -3.99. The zero-order valence-electron chi connectivity index (χ0n) is 17.6.